The molecule has 0 radical (unpaired) electrons. The number of pyridine rings is 1. The van der Waals surface area contributed by atoms with Crippen LogP contribution in [0.3, 0.4) is 0 Å². The second kappa shape index (κ2) is 9.67. The lowest BCUT2D eigenvalue weighted by atomic mass is 9.82. The van der Waals surface area contributed by atoms with Gasteiger partial charge in [-0.3, -0.25) is 9.78 Å². The average Bonchev–Trinajstić information content (AvgIpc) is 3.53. The zero-order valence-corrected chi connectivity index (χ0v) is 18.7. The molecule has 1 aromatic heterocycles. The summed E-state index contributed by atoms with van der Waals surface area (Å²) in [4.78, 5) is 18.8. The number of benzene rings is 1. The van der Waals surface area contributed by atoms with Crippen LogP contribution in [0, 0.1) is 5.41 Å². The topological polar surface area (TPSA) is 65.5 Å². The van der Waals surface area contributed by atoms with Crippen LogP contribution in [-0.2, 0) is 11.2 Å². The van der Waals surface area contributed by atoms with E-state index in [1.165, 1.54) is 18.3 Å². The van der Waals surface area contributed by atoms with Gasteiger partial charge in [0.2, 0.25) is 5.91 Å². The van der Waals surface area contributed by atoms with Crippen molar-refractivity contribution in [3.63, 3.8) is 0 Å². The summed E-state index contributed by atoms with van der Waals surface area (Å²) in [5.74, 6) is -1.33. The van der Waals surface area contributed by atoms with Gasteiger partial charge in [-0.2, -0.15) is 13.2 Å². The van der Waals surface area contributed by atoms with E-state index in [-0.39, 0.29) is 43.3 Å². The number of rotatable bonds is 9. The highest BCUT2D eigenvalue weighted by Crippen LogP contribution is 2.65. The Balaban J connectivity index is 1.69. The minimum Gasteiger partial charge on any atom is -0.508 e. The summed E-state index contributed by atoms with van der Waals surface area (Å²) in [5, 5.41) is 12.6. The summed E-state index contributed by atoms with van der Waals surface area (Å²) in [7, 11) is 3.75. The number of halogens is 4. The van der Waals surface area contributed by atoms with Gasteiger partial charge in [-0.1, -0.05) is 23.7 Å². The second-order valence-corrected chi connectivity index (χ2v) is 9.04. The van der Waals surface area contributed by atoms with Gasteiger partial charge in [-0.05, 0) is 63.2 Å². The summed E-state index contributed by atoms with van der Waals surface area (Å²) in [6.07, 6.45) is -2.81. The molecule has 2 aromatic rings. The van der Waals surface area contributed by atoms with Gasteiger partial charge < -0.3 is 15.3 Å². The molecule has 3 rings (SSSR count). The van der Waals surface area contributed by atoms with E-state index in [1.807, 2.05) is 19.0 Å². The molecule has 5 nitrogen and oxygen atoms in total. The van der Waals surface area contributed by atoms with Gasteiger partial charge >= 0.3 is 6.18 Å². The van der Waals surface area contributed by atoms with Crippen LogP contribution in [-0.4, -0.2) is 53.8 Å². The highest BCUT2D eigenvalue weighted by atomic mass is 35.5. The number of carbonyl (C=O) groups excluding carboxylic acids is 1. The summed E-state index contributed by atoms with van der Waals surface area (Å²) >= 11 is 5.85. The predicted octanol–water partition coefficient (Wildman–Crippen LogP) is 4.55. The molecule has 1 unspecified atom stereocenters. The maximum absolute atomic E-state index is 13.8. The standard InChI is InChI=1S/C23H27ClF3N3O2/c1-30(2)17(11-15-3-6-18(31)7-4-15)14-29-21(32)12-19(20-8-5-16(24)13-28-20)22(9-10-22)23(25,26)27/h3-8,13,17,19,31H,9-12,14H2,1-2H3,(H,29,32)/t17-,19?/m0/s1. The third-order valence-corrected chi connectivity index (χ3v) is 6.41. The number of hydrogen-bond acceptors (Lipinski definition) is 4. The number of aromatic nitrogens is 1. The van der Waals surface area contributed by atoms with Crippen molar-refractivity contribution in [1.82, 2.24) is 15.2 Å². The number of amides is 1. The summed E-state index contributed by atoms with van der Waals surface area (Å²) in [6, 6.07) is 9.70. The highest BCUT2D eigenvalue weighted by molar-refractivity contribution is 6.30. The molecule has 1 amide bonds. The molecule has 1 fully saturated rings. The van der Waals surface area contributed by atoms with Crippen molar-refractivity contribution < 1.29 is 23.1 Å². The van der Waals surface area contributed by atoms with Crippen LogP contribution in [0.4, 0.5) is 13.2 Å². The van der Waals surface area contributed by atoms with Crippen molar-refractivity contribution in [2.24, 2.45) is 5.41 Å². The average molecular weight is 470 g/mol. The van der Waals surface area contributed by atoms with Crippen molar-refractivity contribution in [3.05, 3.63) is 58.9 Å². The molecule has 1 aliphatic carbocycles. The smallest absolute Gasteiger partial charge is 0.395 e. The Kier molecular flexibility index (Phi) is 7.35. The number of phenols is 1. The molecular weight excluding hydrogens is 443 g/mol. The quantitative estimate of drug-likeness (QED) is 0.565. The van der Waals surface area contributed by atoms with Crippen LogP contribution in [0.5, 0.6) is 5.75 Å². The van der Waals surface area contributed by atoms with Gasteiger partial charge in [0, 0.05) is 36.8 Å². The Labute approximate surface area is 190 Å². The molecule has 1 aliphatic rings. The van der Waals surface area contributed by atoms with Crippen molar-refractivity contribution >= 4 is 17.5 Å². The summed E-state index contributed by atoms with van der Waals surface area (Å²) < 4.78 is 41.5. The molecule has 1 heterocycles. The fourth-order valence-electron chi connectivity index (χ4n) is 3.97. The number of nitrogens with one attached hydrogen (secondary N) is 1. The minimum atomic E-state index is -4.41. The van der Waals surface area contributed by atoms with Gasteiger partial charge in [0.1, 0.15) is 5.75 Å². The van der Waals surface area contributed by atoms with Crippen molar-refractivity contribution in [1.29, 1.82) is 0 Å². The van der Waals surface area contributed by atoms with Gasteiger partial charge in [-0.15, -0.1) is 0 Å². The van der Waals surface area contributed by atoms with Crippen molar-refractivity contribution in [2.45, 2.75) is 43.8 Å². The molecular formula is C23H27ClF3N3O2. The molecule has 1 saturated carbocycles. The Bertz CT molecular complexity index is 914. The van der Waals surface area contributed by atoms with Crippen molar-refractivity contribution in [3.8, 4) is 5.75 Å². The molecule has 174 valence electrons. The minimum absolute atomic E-state index is 0.0140. The number of hydrogen-bond donors (Lipinski definition) is 2. The third kappa shape index (κ3) is 5.72. The molecule has 1 aromatic carbocycles. The Hall–Kier alpha value is -2.32. The van der Waals surface area contributed by atoms with Gasteiger partial charge in [0.25, 0.3) is 0 Å². The van der Waals surface area contributed by atoms with Crippen LogP contribution in [0.1, 0.15) is 36.4 Å². The maximum atomic E-state index is 13.8. The zero-order chi connectivity index (χ0) is 23.5. The number of alkyl halides is 3. The van der Waals surface area contributed by atoms with Crippen LogP contribution >= 0.6 is 11.6 Å². The van der Waals surface area contributed by atoms with E-state index in [1.54, 1.807) is 24.3 Å². The Morgan fingerprint density at radius 2 is 1.88 bits per heavy atom. The lowest BCUT2D eigenvalue weighted by Gasteiger charge is -2.29. The number of carbonyl (C=O) groups is 1. The maximum Gasteiger partial charge on any atom is 0.395 e. The number of aromatic hydroxyl groups is 1. The SMILES string of the molecule is CN(C)[C@H](CNC(=O)CC(c1ccc(Cl)cn1)C1(C(F)(F)F)CC1)Cc1ccc(O)cc1. The van der Waals surface area contributed by atoms with E-state index >= 15 is 0 Å². The normalized spacial score (nSPS) is 17.1. The molecule has 0 bridgehead atoms. The van der Waals surface area contributed by atoms with Gasteiger partial charge in [0.15, 0.2) is 0 Å². The summed E-state index contributed by atoms with van der Waals surface area (Å²) in [5.41, 5.74) is -0.710. The Morgan fingerprint density at radius 3 is 2.38 bits per heavy atom. The molecule has 32 heavy (non-hydrogen) atoms. The third-order valence-electron chi connectivity index (χ3n) is 6.19. The first-order chi connectivity index (χ1) is 15.0. The number of likely N-dealkylation sites (N-methyl/N-ethyl adjacent to an activating group) is 1. The fourth-order valence-corrected chi connectivity index (χ4v) is 4.08. The van der Waals surface area contributed by atoms with Crippen molar-refractivity contribution in [2.75, 3.05) is 20.6 Å². The first-order valence-corrected chi connectivity index (χ1v) is 10.8. The molecule has 9 heteroatoms. The van der Waals surface area contributed by atoms with E-state index in [9.17, 15) is 23.1 Å². The van der Waals surface area contributed by atoms with Crippen LogP contribution in [0.15, 0.2) is 42.6 Å². The first-order valence-electron chi connectivity index (χ1n) is 10.4. The number of nitrogens with zero attached hydrogens (tertiary/aromatic N) is 2. The molecule has 0 saturated heterocycles. The molecule has 0 aliphatic heterocycles. The van der Waals surface area contributed by atoms with E-state index in [4.69, 9.17) is 11.6 Å². The molecule has 2 atom stereocenters. The summed E-state index contributed by atoms with van der Waals surface area (Å²) in [6.45, 7) is 0.284. The van der Waals surface area contributed by atoms with E-state index < -0.39 is 23.4 Å². The first kappa shape index (κ1) is 24.3. The lowest BCUT2D eigenvalue weighted by Crippen LogP contribution is -2.42. The second-order valence-electron chi connectivity index (χ2n) is 8.60. The van der Waals surface area contributed by atoms with Crippen LogP contribution in [0.2, 0.25) is 5.02 Å². The number of phenolic OH excluding ortho intramolecular Hbond substituents is 1. The fraction of sp³-hybridized carbons (Fsp3) is 0.478. The van der Waals surface area contributed by atoms with Crippen LogP contribution < -0.4 is 5.32 Å². The van der Waals surface area contributed by atoms with Gasteiger partial charge in [-0.25, -0.2) is 0 Å². The van der Waals surface area contributed by atoms with Crippen LogP contribution in [0.25, 0.3) is 0 Å². The highest BCUT2D eigenvalue weighted by Gasteiger charge is 2.67. The predicted molar refractivity (Wildman–Crippen MR) is 117 cm³/mol. The lowest BCUT2D eigenvalue weighted by molar-refractivity contribution is -0.195. The zero-order valence-electron chi connectivity index (χ0n) is 18.0. The van der Waals surface area contributed by atoms with Gasteiger partial charge in [0.05, 0.1) is 10.4 Å². The monoisotopic (exact) mass is 469 g/mol. The van der Waals surface area contributed by atoms with E-state index in [2.05, 4.69) is 10.3 Å². The molecule has 2 N–H and O–H groups in total. The van der Waals surface area contributed by atoms with E-state index in [0.29, 0.717) is 11.4 Å². The molecule has 0 spiro atoms. The van der Waals surface area contributed by atoms with E-state index in [0.717, 1.165) is 5.56 Å². The Morgan fingerprint density at radius 1 is 1.22 bits per heavy atom. The largest absolute Gasteiger partial charge is 0.508 e.